The van der Waals surface area contributed by atoms with Crippen molar-refractivity contribution in [2.75, 3.05) is 19.7 Å². The summed E-state index contributed by atoms with van der Waals surface area (Å²) in [4.78, 5) is 6.28. The van der Waals surface area contributed by atoms with Gasteiger partial charge in [-0.25, -0.2) is 13.8 Å². The van der Waals surface area contributed by atoms with Crippen molar-refractivity contribution in [2.24, 2.45) is 5.92 Å². The van der Waals surface area contributed by atoms with Crippen molar-refractivity contribution < 1.29 is 13.5 Å². The zero-order valence-electron chi connectivity index (χ0n) is 13.8. The third-order valence-corrected chi connectivity index (χ3v) is 4.38. The molecule has 0 saturated carbocycles. The van der Waals surface area contributed by atoms with Gasteiger partial charge in [0, 0.05) is 18.8 Å². The molecule has 0 atom stereocenters. The van der Waals surface area contributed by atoms with Gasteiger partial charge >= 0.3 is 0 Å². The first kappa shape index (κ1) is 17.3. The van der Waals surface area contributed by atoms with E-state index in [9.17, 15) is 8.78 Å². The Balaban J connectivity index is 1.48. The molecule has 2 aromatic rings. The Morgan fingerprint density at radius 3 is 2.60 bits per heavy atom. The number of aromatic nitrogens is 1. The summed E-state index contributed by atoms with van der Waals surface area (Å²) in [7, 11) is 0. The van der Waals surface area contributed by atoms with Crippen molar-refractivity contribution in [3.05, 3.63) is 59.3 Å². The first-order valence-corrected chi connectivity index (χ1v) is 8.29. The van der Waals surface area contributed by atoms with Crippen molar-refractivity contribution in [2.45, 2.75) is 19.4 Å². The Morgan fingerprint density at radius 1 is 1.20 bits per heavy atom. The summed E-state index contributed by atoms with van der Waals surface area (Å²) in [6.45, 7) is 2.76. The Morgan fingerprint density at radius 2 is 1.92 bits per heavy atom. The largest absolute Gasteiger partial charge is 0.476 e. The molecule has 1 aromatic carbocycles. The van der Waals surface area contributed by atoms with Crippen LogP contribution in [0.15, 0.2) is 36.5 Å². The van der Waals surface area contributed by atoms with Crippen LogP contribution in [0.4, 0.5) is 8.78 Å². The molecule has 0 radical (unpaired) electrons. The number of pyridine rings is 1. The molecule has 0 N–H and O–H groups in total. The molecule has 0 unspecified atom stereocenters. The molecule has 1 aliphatic rings. The van der Waals surface area contributed by atoms with Crippen LogP contribution in [0.5, 0.6) is 5.88 Å². The molecular formula is C19H19F2N3O. The maximum Gasteiger partial charge on any atom is 0.231 e. The van der Waals surface area contributed by atoms with Crippen LogP contribution in [0.3, 0.4) is 0 Å². The zero-order valence-corrected chi connectivity index (χ0v) is 13.8. The molecule has 0 amide bonds. The van der Waals surface area contributed by atoms with E-state index in [4.69, 9.17) is 10.00 Å². The van der Waals surface area contributed by atoms with E-state index in [1.807, 2.05) is 0 Å². The zero-order chi connectivity index (χ0) is 17.6. The van der Waals surface area contributed by atoms with E-state index >= 15 is 0 Å². The first-order chi connectivity index (χ1) is 12.1. The van der Waals surface area contributed by atoms with Crippen LogP contribution in [0.2, 0.25) is 0 Å². The smallest absolute Gasteiger partial charge is 0.231 e. The molecule has 3 rings (SSSR count). The van der Waals surface area contributed by atoms with Crippen molar-refractivity contribution in [3.63, 3.8) is 0 Å². The highest BCUT2D eigenvalue weighted by Crippen LogP contribution is 2.22. The average molecular weight is 343 g/mol. The number of likely N-dealkylation sites (tertiary alicyclic amines) is 1. The van der Waals surface area contributed by atoms with Crippen LogP contribution >= 0.6 is 0 Å². The van der Waals surface area contributed by atoms with Gasteiger partial charge < -0.3 is 4.74 Å². The van der Waals surface area contributed by atoms with Crippen molar-refractivity contribution >= 4 is 0 Å². The number of halogens is 2. The van der Waals surface area contributed by atoms with Gasteiger partial charge in [0.2, 0.25) is 5.88 Å². The molecule has 0 spiro atoms. The molecule has 1 fully saturated rings. The summed E-state index contributed by atoms with van der Waals surface area (Å²) in [5, 5.41) is 9.04. The van der Waals surface area contributed by atoms with E-state index in [1.165, 1.54) is 12.1 Å². The van der Waals surface area contributed by atoms with E-state index < -0.39 is 11.6 Å². The standard InChI is InChI=1S/C19H19F2N3O/c20-17-8-15(9-18(21)10-17)12-24-6-3-14(4-7-24)13-25-19-16(11-22)2-1-5-23-19/h1-2,5,8-10,14H,3-4,6-7,12-13H2. The minimum atomic E-state index is -0.540. The van der Waals surface area contributed by atoms with Crippen LogP contribution in [0.1, 0.15) is 24.0 Å². The van der Waals surface area contributed by atoms with E-state index in [2.05, 4.69) is 16.0 Å². The lowest BCUT2D eigenvalue weighted by Gasteiger charge is -2.31. The molecule has 1 aromatic heterocycles. The van der Waals surface area contributed by atoms with Crippen LogP contribution in [-0.2, 0) is 6.54 Å². The Kier molecular flexibility index (Phi) is 5.56. The number of hydrogen-bond acceptors (Lipinski definition) is 4. The molecule has 1 aliphatic heterocycles. The Labute approximate surface area is 145 Å². The molecule has 1 saturated heterocycles. The number of nitrogens with zero attached hydrogens (tertiary/aromatic N) is 3. The number of hydrogen-bond donors (Lipinski definition) is 0. The molecule has 4 nitrogen and oxygen atoms in total. The SMILES string of the molecule is N#Cc1cccnc1OCC1CCN(Cc2cc(F)cc(F)c2)CC1. The van der Waals surface area contributed by atoms with Gasteiger partial charge in [0.05, 0.1) is 6.61 Å². The van der Waals surface area contributed by atoms with Crippen LogP contribution in [0.25, 0.3) is 0 Å². The van der Waals surface area contributed by atoms with Gasteiger partial charge in [-0.1, -0.05) is 0 Å². The third kappa shape index (κ3) is 4.74. The molecule has 6 heteroatoms. The molecule has 25 heavy (non-hydrogen) atoms. The predicted octanol–water partition coefficient (Wildman–Crippen LogP) is 3.52. The second kappa shape index (κ2) is 8.04. The minimum absolute atomic E-state index is 0.377. The van der Waals surface area contributed by atoms with Gasteiger partial charge in [-0.05, 0) is 61.7 Å². The maximum absolute atomic E-state index is 13.3. The average Bonchev–Trinajstić information content (AvgIpc) is 2.60. The summed E-state index contributed by atoms with van der Waals surface area (Å²) < 4.78 is 32.2. The lowest BCUT2D eigenvalue weighted by atomic mass is 9.97. The number of piperidine rings is 1. The van der Waals surface area contributed by atoms with Gasteiger partial charge in [-0.2, -0.15) is 5.26 Å². The number of rotatable bonds is 5. The fourth-order valence-corrected chi connectivity index (χ4v) is 3.06. The number of ether oxygens (including phenoxy) is 1. The minimum Gasteiger partial charge on any atom is -0.476 e. The van der Waals surface area contributed by atoms with E-state index in [1.54, 1.807) is 18.3 Å². The fraction of sp³-hybridized carbons (Fsp3) is 0.368. The van der Waals surface area contributed by atoms with Crippen LogP contribution in [-0.4, -0.2) is 29.6 Å². The lowest BCUT2D eigenvalue weighted by Crippen LogP contribution is -2.35. The third-order valence-electron chi connectivity index (χ3n) is 4.38. The second-order valence-electron chi connectivity index (χ2n) is 6.28. The quantitative estimate of drug-likeness (QED) is 0.833. The van der Waals surface area contributed by atoms with Gasteiger partial charge in [0.15, 0.2) is 0 Å². The van der Waals surface area contributed by atoms with Gasteiger partial charge in [-0.15, -0.1) is 0 Å². The summed E-state index contributed by atoms with van der Waals surface area (Å²) in [6.07, 6.45) is 3.48. The molecular weight excluding hydrogens is 324 g/mol. The topological polar surface area (TPSA) is 49.1 Å². The molecule has 130 valence electrons. The van der Waals surface area contributed by atoms with Crippen molar-refractivity contribution in [3.8, 4) is 11.9 Å². The first-order valence-electron chi connectivity index (χ1n) is 8.29. The van der Waals surface area contributed by atoms with Gasteiger partial charge in [0.25, 0.3) is 0 Å². The Hall–Kier alpha value is -2.52. The van der Waals surface area contributed by atoms with Crippen LogP contribution < -0.4 is 4.74 Å². The normalized spacial score (nSPS) is 15.7. The second-order valence-corrected chi connectivity index (χ2v) is 6.28. The van der Waals surface area contributed by atoms with Gasteiger partial charge in [-0.3, -0.25) is 4.90 Å². The number of benzene rings is 1. The van der Waals surface area contributed by atoms with E-state index in [0.29, 0.717) is 36.1 Å². The van der Waals surface area contributed by atoms with E-state index in [0.717, 1.165) is 32.0 Å². The lowest BCUT2D eigenvalue weighted by molar-refractivity contribution is 0.134. The Bertz CT molecular complexity index is 747. The summed E-state index contributed by atoms with van der Waals surface area (Å²) in [6, 6.07) is 9.11. The summed E-state index contributed by atoms with van der Waals surface area (Å²) >= 11 is 0. The van der Waals surface area contributed by atoms with Crippen molar-refractivity contribution in [1.82, 2.24) is 9.88 Å². The van der Waals surface area contributed by atoms with Crippen LogP contribution in [0, 0.1) is 28.9 Å². The van der Waals surface area contributed by atoms with Gasteiger partial charge in [0.1, 0.15) is 23.3 Å². The highest BCUT2D eigenvalue weighted by Gasteiger charge is 2.20. The maximum atomic E-state index is 13.3. The molecule has 2 heterocycles. The number of nitriles is 1. The highest BCUT2D eigenvalue weighted by molar-refractivity contribution is 5.36. The monoisotopic (exact) mass is 343 g/mol. The molecule has 0 bridgehead atoms. The fourth-order valence-electron chi connectivity index (χ4n) is 3.06. The molecule has 0 aliphatic carbocycles. The van der Waals surface area contributed by atoms with Crippen molar-refractivity contribution in [1.29, 1.82) is 5.26 Å². The highest BCUT2D eigenvalue weighted by atomic mass is 19.1. The predicted molar refractivity (Wildman–Crippen MR) is 88.8 cm³/mol. The summed E-state index contributed by atoms with van der Waals surface area (Å²) in [5.41, 5.74) is 1.09. The summed E-state index contributed by atoms with van der Waals surface area (Å²) in [5.74, 6) is -0.319. The van der Waals surface area contributed by atoms with E-state index in [-0.39, 0.29) is 0 Å².